The molecule has 9 heavy (non-hydrogen) atoms. The van der Waals surface area contributed by atoms with Gasteiger partial charge in [0.1, 0.15) is 0 Å². The summed E-state index contributed by atoms with van der Waals surface area (Å²) in [5.41, 5.74) is 0. The van der Waals surface area contributed by atoms with E-state index in [-0.39, 0.29) is 0 Å². The summed E-state index contributed by atoms with van der Waals surface area (Å²) in [5.74, 6) is 1.95. The van der Waals surface area contributed by atoms with Crippen molar-refractivity contribution in [3.05, 3.63) is 0 Å². The second kappa shape index (κ2) is 3.13. The molecule has 1 rings (SSSR count). The zero-order valence-electron chi connectivity index (χ0n) is 6.85. The molecule has 0 aliphatic heterocycles. The van der Waals surface area contributed by atoms with Crippen LogP contribution in [-0.4, -0.2) is 17.7 Å². The molecule has 0 radical (unpaired) electrons. The second-order valence-corrected chi connectivity index (χ2v) is 3.82. The van der Waals surface area contributed by atoms with E-state index in [1.165, 1.54) is 19.3 Å². The first-order valence-electron chi connectivity index (χ1n) is 4.22. The van der Waals surface area contributed by atoms with Gasteiger partial charge in [-0.1, -0.05) is 0 Å². The average molecular weight is 118 g/mol. The summed E-state index contributed by atoms with van der Waals surface area (Å²) in [6.45, 7) is 4.71. The van der Waals surface area contributed by atoms with Gasteiger partial charge in [-0.25, -0.2) is 0 Å². The predicted octanol–water partition coefficient (Wildman–Crippen LogP) is 2.40. The van der Waals surface area contributed by atoms with Crippen molar-refractivity contribution in [2.45, 2.75) is 37.7 Å². The van der Waals surface area contributed by atoms with E-state index in [4.69, 9.17) is 0 Å². The van der Waals surface area contributed by atoms with Crippen LogP contribution < -0.4 is 0 Å². The van der Waals surface area contributed by atoms with Gasteiger partial charge in [-0.2, -0.15) is 0 Å². The molecule has 48 valence electrons. The molecule has 2 unspecified atom stereocenters. The summed E-state index contributed by atoms with van der Waals surface area (Å²) in [4.78, 5) is 0. The van der Waals surface area contributed by atoms with Crippen molar-refractivity contribution in [3.8, 4) is 0 Å². The molecular formula is C8H15Li. The fraction of sp³-hybridized carbons (Fsp3) is 1.00. The molecule has 1 saturated carbocycles. The standard InChI is InChI=1S/C8H15.Li/c1-7(2)8-5-3-4-6-8;/h5,7-8H,3-4,6H2,1-2H3;. The Bertz CT molecular complexity index is 88.6. The Morgan fingerprint density at radius 3 is 2.22 bits per heavy atom. The average Bonchev–Trinajstić information content (AvgIpc) is 2.13. The third-order valence-corrected chi connectivity index (χ3v) is 2.78. The van der Waals surface area contributed by atoms with Crippen molar-refractivity contribution >= 4 is 17.7 Å². The Kier molecular flexibility index (Phi) is 2.68. The van der Waals surface area contributed by atoms with Crippen molar-refractivity contribution in [2.75, 3.05) is 0 Å². The summed E-state index contributed by atoms with van der Waals surface area (Å²) < 4.78 is 1.00. The van der Waals surface area contributed by atoms with Gasteiger partial charge in [0, 0.05) is 0 Å². The molecule has 1 aliphatic carbocycles. The van der Waals surface area contributed by atoms with Crippen molar-refractivity contribution in [2.24, 2.45) is 11.8 Å². The van der Waals surface area contributed by atoms with Crippen LogP contribution in [-0.2, 0) is 0 Å². The van der Waals surface area contributed by atoms with Gasteiger partial charge in [0.05, 0.1) is 0 Å². The van der Waals surface area contributed by atoms with Crippen LogP contribution in [0.2, 0.25) is 4.59 Å². The molecule has 1 aliphatic rings. The van der Waals surface area contributed by atoms with E-state index in [2.05, 4.69) is 31.6 Å². The molecule has 0 aromatic heterocycles. The third-order valence-electron chi connectivity index (χ3n) is 2.78. The molecular weight excluding hydrogens is 103 g/mol. The predicted molar refractivity (Wildman–Crippen MR) is 41.7 cm³/mol. The number of hydrogen-bond donors (Lipinski definition) is 0. The quantitative estimate of drug-likeness (QED) is 0.464. The Labute approximate surface area is 67.6 Å². The third kappa shape index (κ3) is 1.76. The van der Waals surface area contributed by atoms with E-state index < -0.39 is 0 Å². The van der Waals surface area contributed by atoms with Gasteiger partial charge < -0.3 is 0 Å². The maximum atomic E-state index is 2.40. The Balaban J connectivity index is 2.40. The summed E-state index contributed by atoms with van der Waals surface area (Å²) in [5, 5.41) is 0. The molecule has 0 saturated heterocycles. The van der Waals surface area contributed by atoms with Crippen LogP contribution in [0.4, 0.5) is 0 Å². The first-order chi connectivity index (χ1) is 4.22. The zero-order chi connectivity index (χ0) is 6.85. The van der Waals surface area contributed by atoms with Crippen LogP contribution in [0.25, 0.3) is 0 Å². The fourth-order valence-electron chi connectivity index (χ4n) is 2.16. The minimum atomic E-state index is 0.919. The van der Waals surface area contributed by atoms with Gasteiger partial charge in [-0.15, -0.1) is 0 Å². The van der Waals surface area contributed by atoms with E-state index in [9.17, 15) is 0 Å². The molecule has 0 amide bonds. The summed E-state index contributed by atoms with van der Waals surface area (Å²) in [6, 6.07) is 0. The van der Waals surface area contributed by atoms with Crippen LogP contribution in [0.3, 0.4) is 0 Å². The molecule has 0 aromatic carbocycles. The SMILES string of the molecule is [Li][CH]1CCCC1C(C)C. The molecule has 0 spiro atoms. The first-order valence-corrected chi connectivity index (χ1v) is 4.22. The van der Waals surface area contributed by atoms with E-state index >= 15 is 0 Å². The van der Waals surface area contributed by atoms with E-state index in [0.29, 0.717) is 0 Å². The molecule has 0 N–H and O–H groups in total. The van der Waals surface area contributed by atoms with Crippen molar-refractivity contribution in [3.63, 3.8) is 0 Å². The molecule has 1 heteroatoms. The number of hydrogen-bond acceptors (Lipinski definition) is 0. The van der Waals surface area contributed by atoms with Crippen LogP contribution in [0.1, 0.15) is 33.1 Å². The van der Waals surface area contributed by atoms with Crippen molar-refractivity contribution in [1.29, 1.82) is 0 Å². The van der Waals surface area contributed by atoms with Gasteiger partial charge in [-0.3, -0.25) is 0 Å². The van der Waals surface area contributed by atoms with Gasteiger partial charge in [-0.05, 0) is 0 Å². The summed E-state index contributed by atoms with van der Waals surface area (Å²) >= 11 is 2.40. The summed E-state index contributed by atoms with van der Waals surface area (Å²) in [7, 11) is 0. The van der Waals surface area contributed by atoms with Crippen molar-refractivity contribution < 1.29 is 0 Å². The van der Waals surface area contributed by atoms with E-state index in [1.54, 1.807) is 0 Å². The van der Waals surface area contributed by atoms with E-state index in [0.717, 1.165) is 16.4 Å². The van der Waals surface area contributed by atoms with Gasteiger partial charge in [0.15, 0.2) is 0 Å². The Morgan fingerprint density at radius 1 is 1.33 bits per heavy atom. The number of rotatable bonds is 1. The monoisotopic (exact) mass is 118 g/mol. The van der Waals surface area contributed by atoms with Crippen LogP contribution in [0.5, 0.6) is 0 Å². The van der Waals surface area contributed by atoms with Crippen LogP contribution >= 0.6 is 0 Å². The summed E-state index contributed by atoms with van der Waals surface area (Å²) in [6.07, 6.45) is 4.44. The Hall–Kier alpha value is 0.597. The minimum absolute atomic E-state index is 0.919. The molecule has 0 aromatic rings. The van der Waals surface area contributed by atoms with Crippen LogP contribution in [0, 0.1) is 11.8 Å². The van der Waals surface area contributed by atoms with E-state index in [1.807, 2.05) is 0 Å². The fourth-order valence-corrected chi connectivity index (χ4v) is 2.16. The molecule has 0 nitrogen and oxygen atoms in total. The van der Waals surface area contributed by atoms with Crippen molar-refractivity contribution in [1.82, 2.24) is 0 Å². The van der Waals surface area contributed by atoms with Crippen LogP contribution in [0.15, 0.2) is 0 Å². The molecule has 1 fully saturated rings. The van der Waals surface area contributed by atoms with Gasteiger partial charge in [0.2, 0.25) is 0 Å². The zero-order valence-corrected chi connectivity index (χ0v) is 6.85. The Morgan fingerprint density at radius 2 is 2.00 bits per heavy atom. The first kappa shape index (κ1) is 7.70. The topological polar surface area (TPSA) is 0 Å². The molecule has 0 bridgehead atoms. The second-order valence-electron chi connectivity index (χ2n) is 3.82. The van der Waals surface area contributed by atoms with Gasteiger partial charge in [0.25, 0.3) is 0 Å². The normalized spacial score (nSPS) is 36.1. The molecule has 0 heterocycles. The molecule has 2 atom stereocenters. The van der Waals surface area contributed by atoms with Gasteiger partial charge >= 0.3 is 67.3 Å². The maximum absolute atomic E-state index is 2.40.